The zero-order valence-corrected chi connectivity index (χ0v) is 11.7. The van der Waals surface area contributed by atoms with Crippen LogP contribution in [-0.4, -0.2) is 13.0 Å². The van der Waals surface area contributed by atoms with Crippen LogP contribution in [-0.2, 0) is 4.79 Å². The summed E-state index contributed by atoms with van der Waals surface area (Å²) in [6.45, 7) is 3.94. The van der Waals surface area contributed by atoms with Gasteiger partial charge < -0.3 is 10.1 Å². The highest BCUT2D eigenvalue weighted by Crippen LogP contribution is 2.26. The van der Waals surface area contributed by atoms with Crippen molar-refractivity contribution in [2.75, 3.05) is 7.11 Å². The normalized spacial score (nSPS) is 12.8. The van der Waals surface area contributed by atoms with E-state index in [1.165, 1.54) is 6.08 Å². The summed E-state index contributed by atoms with van der Waals surface area (Å²) in [5.74, 6) is 0.697. The second-order valence-electron chi connectivity index (χ2n) is 4.10. The van der Waals surface area contributed by atoms with E-state index in [0.29, 0.717) is 0 Å². The molecule has 0 fully saturated rings. The summed E-state index contributed by atoms with van der Waals surface area (Å²) in [5.41, 5.74) is 1.00. The Morgan fingerprint density at radius 3 is 2.74 bits per heavy atom. The highest BCUT2D eigenvalue weighted by atomic mass is 16.5. The zero-order chi connectivity index (χ0) is 14.1. The van der Waals surface area contributed by atoms with Gasteiger partial charge in [0.2, 0.25) is 5.91 Å². The van der Waals surface area contributed by atoms with E-state index in [1.54, 1.807) is 13.2 Å². The maximum absolute atomic E-state index is 11.8. The van der Waals surface area contributed by atoms with Crippen molar-refractivity contribution in [3.63, 3.8) is 0 Å². The van der Waals surface area contributed by atoms with Crippen molar-refractivity contribution in [1.29, 1.82) is 0 Å². The number of carbonyl (C=O) groups excluding carboxylic acids is 1. The van der Waals surface area contributed by atoms with E-state index in [0.717, 1.165) is 17.7 Å². The fourth-order valence-electron chi connectivity index (χ4n) is 1.83. The van der Waals surface area contributed by atoms with Crippen molar-refractivity contribution in [3.05, 3.63) is 54.1 Å². The minimum atomic E-state index is -0.101. The minimum absolute atomic E-state index is 0.0427. The van der Waals surface area contributed by atoms with E-state index in [9.17, 15) is 4.79 Å². The molecular weight excluding hydrogens is 238 g/mol. The third kappa shape index (κ3) is 4.62. The molecule has 1 unspecified atom stereocenters. The standard InChI is InChI=1S/C16H21NO2/c1-4-6-7-12-16(18)17-14(5-2)13-10-8-9-11-15(13)19-3/h4,6-12,14H,5H2,1-3H3,(H,17,18). The molecule has 1 aromatic carbocycles. The summed E-state index contributed by atoms with van der Waals surface area (Å²) in [6.07, 6.45) is 7.76. The van der Waals surface area contributed by atoms with Gasteiger partial charge in [-0.2, -0.15) is 0 Å². The number of allylic oxidation sites excluding steroid dienone is 3. The lowest BCUT2D eigenvalue weighted by Crippen LogP contribution is -2.26. The molecule has 0 aliphatic rings. The van der Waals surface area contributed by atoms with Gasteiger partial charge in [0.25, 0.3) is 0 Å². The lowest BCUT2D eigenvalue weighted by atomic mass is 10.0. The van der Waals surface area contributed by atoms with Crippen LogP contribution < -0.4 is 10.1 Å². The Hall–Kier alpha value is -2.03. The molecule has 0 aliphatic carbocycles. The Balaban J connectivity index is 2.80. The monoisotopic (exact) mass is 259 g/mol. The zero-order valence-electron chi connectivity index (χ0n) is 11.7. The van der Waals surface area contributed by atoms with Crippen LogP contribution in [0.1, 0.15) is 31.9 Å². The minimum Gasteiger partial charge on any atom is -0.496 e. The molecule has 1 rings (SSSR count). The molecule has 0 saturated heterocycles. The molecule has 3 heteroatoms. The van der Waals surface area contributed by atoms with Crippen LogP contribution in [0.2, 0.25) is 0 Å². The molecule has 1 aromatic rings. The van der Waals surface area contributed by atoms with Gasteiger partial charge in [-0.05, 0) is 19.4 Å². The average molecular weight is 259 g/mol. The van der Waals surface area contributed by atoms with Gasteiger partial charge >= 0.3 is 0 Å². The summed E-state index contributed by atoms with van der Waals surface area (Å²) in [7, 11) is 1.64. The Bertz CT molecular complexity index is 464. The second-order valence-corrected chi connectivity index (χ2v) is 4.10. The number of carbonyl (C=O) groups is 1. The quantitative estimate of drug-likeness (QED) is 0.628. The number of amides is 1. The molecule has 0 aromatic heterocycles. The Morgan fingerprint density at radius 2 is 2.11 bits per heavy atom. The lowest BCUT2D eigenvalue weighted by molar-refractivity contribution is -0.117. The van der Waals surface area contributed by atoms with Gasteiger partial charge in [-0.15, -0.1) is 0 Å². The van der Waals surface area contributed by atoms with Crippen molar-refractivity contribution in [1.82, 2.24) is 5.32 Å². The molecule has 0 radical (unpaired) electrons. The molecule has 1 amide bonds. The first kappa shape index (κ1) is 15.0. The number of para-hydroxylation sites is 1. The number of hydrogen-bond acceptors (Lipinski definition) is 2. The number of methoxy groups -OCH3 is 1. The first-order valence-electron chi connectivity index (χ1n) is 6.45. The number of nitrogens with one attached hydrogen (secondary N) is 1. The number of hydrogen-bond donors (Lipinski definition) is 1. The van der Waals surface area contributed by atoms with E-state index < -0.39 is 0 Å². The van der Waals surface area contributed by atoms with Crippen LogP contribution in [0.5, 0.6) is 5.75 Å². The van der Waals surface area contributed by atoms with Crippen molar-refractivity contribution < 1.29 is 9.53 Å². The Kier molecular flexibility index (Phi) is 6.44. The third-order valence-electron chi connectivity index (χ3n) is 2.79. The molecule has 0 aliphatic heterocycles. The van der Waals surface area contributed by atoms with Crippen LogP contribution >= 0.6 is 0 Å². The van der Waals surface area contributed by atoms with Gasteiger partial charge in [-0.3, -0.25) is 4.79 Å². The van der Waals surface area contributed by atoms with Crippen LogP contribution in [0.25, 0.3) is 0 Å². The van der Waals surface area contributed by atoms with E-state index in [4.69, 9.17) is 4.74 Å². The molecule has 0 bridgehead atoms. The van der Waals surface area contributed by atoms with E-state index in [-0.39, 0.29) is 11.9 Å². The maximum Gasteiger partial charge on any atom is 0.244 e. The molecular formula is C16H21NO2. The molecule has 0 saturated carbocycles. The molecule has 3 nitrogen and oxygen atoms in total. The largest absolute Gasteiger partial charge is 0.496 e. The number of ether oxygens (including phenoxy) is 1. The van der Waals surface area contributed by atoms with E-state index in [1.807, 2.05) is 50.3 Å². The first-order chi connectivity index (χ1) is 9.22. The highest BCUT2D eigenvalue weighted by molar-refractivity contribution is 5.88. The van der Waals surface area contributed by atoms with Crippen molar-refractivity contribution in [3.8, 4) is 5.75 Å². The predicted octanol–water partition coefficient (Wildman–Crippen LogP) is 3.39. The van der Waals surface area contributed by atoms with Crippen LogP contribution in [0.3, 0.4) is 0 Å². The summed E-state index contributed by atoms with van der Waals surface area (Å²) >= 11 is 0. The van der Waals surface area contributed by atoms with Gasteiger partial charge in [0, 0.05) is 11.6 Å². The highest BCUT2D eigenvalue weighted by Gasteiger charge is 2.14. The lowest BCUT2D eigenvalue weighted by Gasteiger charge is -2.19. The van der Waals surface area contributed by atoms with Crippen LogP contribution in [0.4, 0.5) is 0 Å². The topological polar surface area (TPSA) is 38.3 Å². The van der Waals surface area contributed by atoms with Gasteiger partial charge in [-0.25, -0.2) is 0 Å². The smallest absolute Gasteiger partial charge is 0.244 e. The van der Waals surface area contributed by atoms with Gasteiger partial charge in [0.05, 0.1) is 13.2 Å². The fraction of sp³-hybridized carbons (Fsp3) is 0.312. The van der Waals surface area contributed by atoms with Crippen LogP contribution in [0, 0.1) is 0 Å². The maximum atomic E-state index is 11.8. The van der Waals surface area contributed by atoms with Gasteiger partial charge in [0.15, 0.2) is 0 Å². The summed E-state index contributed by atoms with van der Waals surface area (Å²) in [6, 6.07) is 7.70. The van der Waals surface area contributed by atoms with Gasteiger partial charge in [0.1, 0.15) is 5.75 Å². The second kappa shape index (κ2) is 8.14. The number of rotatable bonds is 6. The fourth-order valence-corrected chi connectivity index (χ4v) is 1.83. The average Bonchev–Trinajstić information content (AvgIpc) is 2.45. The summed E-state index contributed by atoms with van der Waals surface area (Å²) in [5, 5.41) is 2.98. The van der Waals surface area contributed by atoms with Crippen LogP contribution in [0.15, 0.2) is 48.6 Å². The van der Waals surface area contributed by atoms with Crippen molar-refractivity contribution >= 4 is 5.91 Å². The molecule has 1 atom stereocenters. The molecule has 19 heavy (non-hydrogen) atoms. The Labute approximate surface area is 115 Å². The molecule has 0 heterocycles. The molecule has 1 N–H and O–H groups in total. The summed E-state index contributed by atoms with van der Waals surface area (Å²) in [4.78, 5) is 11.8. The van der Waals surface area contributed by atoms with Crippen molar-refractivity contribution in [2.45, 2.75) is 26.3 Å². The molecule has 102 valence electrons. The predicted molar refractivity (Wildman–Crippen MR) is 78.1 cm³/mol. The van der Waals surface area contributed by atoms with E-state index >= 15 is 0 Å². The SMILES string of the molecule is CC=CC=CC(=O)NC(CC)c1ccccc1OC. The first-order valence-corrected chi connectivity index (χ1v) is 6.45. The van der Waals surface area contributed by atoms with Gasteiger partial charge in [-0.1, -0.05) is 43.4 Å². The number of benzene rings is 1. The van der Waals surface area contributed by atoms with E-state index in [2.05, 4.69) is 5.32 Å². The Morgan fingerprint density at radius 1 is 1.37 bits per heavy atom. The summed E-state index contributed by atoms with van der Waals surface area (Å²) < 4.78 is 5.33. The third-order valence-corrected chi connectivity index (χ3v) is 2.79. The molecule has 0 spiro atoms. The van der Waals surface area contributed by atoms with Crippen molar-refractivity contribution in [2.24, 2.45) is 0 Å².